The molecule has 6 nitrogen and oxygen atoms in total. The van der Waals surface area contributed by atoms with E-state index in [9.17, 15) is 17.6 Å². The van der Waals surface area contributed by atoms with Gasteiger partial charge < -0.3 is 10.1 Å². The molecule has 0 unspecified atom stereocenters. The predicted molar refractivity (Wildman–Crippen MR) is 113 cm³/mol. The Balaban J connectivity index is 1.49. The molecule has 0 aromatic heterocycles. The number of anilines is 1. The molecular weight excluding hydrogens is 407 g/mol. The predicted octanol–water partition coefficient (Wildman–Crippen LogP) is 3.71. The number of carbonyl (C=O) groups excluding carboxylic acids is 1. The minimum Gasteiger partial charge on any atom is -0.489 e. The van der Waals surface area contributed by atoms with Crippen LogP contribution in [0.2, 0.25) is 0 Å². The van der Waals surface area contributed by atoms with Gasteiger partial charge in [-0.05, 0) is 59.7 Å². The van der Waals surface area contributed by atoms with Gasteiger partial charge in [-0.3, -0.25) is 9.52 Å². The summed E-state index contributed by atoms with van der Waals surface area (Å²) in [5, 5.41) is 2.81. The van der Waals surface area contributed by atoms with E-state index in [0.29, 0.717) is 30.2 Å². The first-order valence-corrected chi connectivity index (χ1v) is 11.0. The van der Waals surface area contributed by atoms with Gasteiger partial charge >= 0.3 is 0 Å². The van der Waals surface area contributed by atoms with Crippen molar-refractivity contribution in [2.75, 3.05) is 11.0 Å². The van der Waals surface area contributed by atoms with E-state index in [1.165, 1.54) is 24.3 Å². The molecule has 2 N–H and O–H groups in total. The number of hydrogen-bond donors (Lipinski definition) is 2. The summed E-state index contributed by atoms with van der Waals surface area (Å²) in [4.78, 5) is 12.3. The van der Waals surface area contributed by atoms with Gasteiger partial charge in [-0.2, -0.15) is 0 Å². The lowest BCUT2D eigenvalue weighted by molar-refractivity contribution is 0.0951. The zero-order chi connectivity index (χ0) is 21.6. The Kier molecular flexibility index (Phi) is 6.68. The highest BCUT2D eigenvalue weighted by Crippen LogP contribution is 2.15. The van der Waals surface area contributed by atoms with E-state index in [4.69, 9.17) is 4.74 Å². The maximum absolute atomic E-state index is 12.9. The Morgan fingerprint density at radius 1 is 0.900 bits per heavy atom. The number of hydrogen-bond acceptors (Lipinski definition) is 4. The lowest BCUT2D eigenvalue weighted by Crippen LogP contribution is -2.22. The van der Waals surface area contributed by atoms with Gasteiger partial charge in [0.25, 0.3) is 5.91 Å². The van der Waals surface area contributed by atoms with E-state index in [1.54, 1.807) is 36.4 Å². The molecule has 0 spiro atoms. The number of benzene rings is 3. The smallest absolute Gasteiger partial charge is 0.251 e. The molecule has 0 fully saturated rings. The summed E-state index contributed by atoms with van der Waals surface area (Å²) in [5.41, 5.74) is 2.58. The zero-order valence-corrected chi connectivity index (χ0v) is 17.1. The Hall–Kier alpha value is -3.39. The van der Waals surface area contributed by atoms with Gasteiger partial charge in [-0.15, -0.1) is 0 Å². The largest absolute Gasteiger partial charge is 0.489 e. The quantitative estimate of drug-likeness (QED) is 0.573. The summed E-state index contributed by atoms with van der Waals surface area (Å²) in [5.74, 6) is 0.118. The average molecular weight is 428 g/mol. The lowest BCUT2D eigenvalue weighted by Gasteiger charge is -2.09. The summed E-state index contributed by atoms with van der Waals surface area (Å²) in [6, 6.07) is 19.6. The summed E-state index contributed by atoms with van der Waals surface area (Å²) in [7, 11) is -3.36. The van der Waals surface area contributed by atoms with Crippen LogP contribution < -0.4 is 14.8 Å². The molecule has 0 aliphatic heterocycles. The first-order chi connectivity index (χ1) is 14.3. The summed E-state index contributed by atoms with van der Waals surface area (Å²) in [6.07, 6.45) is 1.06. The molecule has 0 heterocycles. The van der Waals surface area contributed by atoms with E-state index in [1.807, 2.05) is 12.1 Å². The normalized spacial score (nSPS) is 11.0. The van der Waals surface area contributed by atoms with E-state index in [0.717, 1.165) is 17.4 Å². The van der Waals surface area contributed by atoms with Gasteiger partial charge in [-0.25, -0.2) is 12.8 Å². The highest BCUT2D eigenvalue weighted by atomic mass is 32.2. The fourth-order valence-corrected chi connectivity index (χ4v) is 3.20. The van der Waals surface area contributed by atoms with Crippen LogP contribution in [-0.4, -0.2) is 20.6 Å². The topological polar surface area (TPSA) is 84.5 Å². The summed E-state index contributed by atoms with van der Waals surface area (Å²) in [6.45, 7) is 0.668. The van der Waals surface area contributed by atoms with E-state index >= 15 is 0 Å². The van der Waals surface area contributed by atoms with Crippen LogP contribution in [0.3, 0.4) is 0 Å². The van der Waals surface area contributed by atoms with Crippen molar-refractivity contribution in [3.05, 3.63) is 95.3 Å². The van der Waals surface area contributed by atoms with Gasteiger partial charge in [0, 0.05) is 17.8 Å². The average Bonchev–Trinajstić information content (AvgIpc) is 2.72. The maximum atomic E-state index is 12.9. The van der Waals surface area contributed by atoms with E-state index in [2.05, 4.69) is 10.0 Å². The van der Waals surface area contributed by atoms with Crippen molar-refractivity contribution >= 4 is 21.6 Å². The van der Waals surface area contributed by atoms with Crippen molar-refractivity contribution in [2.24, 2.45) is 0 Å². The van der Waals surface area contributed by atoms with Crippen LogP contribution in [0.25, 0.3) is 0 Å². The van der Waals surface area contributed by atoms with E-state index < -0.39 is 10.0 Å². The van der Waals surface area contributed by atoms with Crippen LogP contribution in [0.5, 0.6) is 5.75 Å². The standard InChI is InChI=1S/C22H21FN2O4S/c1-30(27,28)25-20-10-6-18(7-11-20)22(26)24-14-16-4-12-21(13-5-16)29-15-17-2-8-19(23)9-3-17/h2-13,25H,14-15H2,1H3,(H,24,26). The van der Waals surface area contributed by atoms with Crippen molar-refractivity contribution in [2.45, 2.75) is 13.2 Å². The number of nitrogens with one attached hydrogen (secondary N) is 2. The fourth-order valence-electron chi connectivity index (χ4n) is 2.64. The van der Waals surface area contributed by atoms with Crippen molar-refractivity contribution in [3.63, 3.8) is 0 Å². The number of carbonyl (C=O) groups is 1. The molecule has 3 aromatic rings. The van der Waals surface area contributed by atoms with Crippen LogP contribution in [0.1, 0.15) is 21.5 Å². The highest BCUT2D eigenvalue weighted by molar-refractivity contribution is 7.92. The third-order valence-electron chi connectivity index (χ3n) is 4.15. The molecule has 1 amide bonds. The number of halogens is 1. The fraction of sp³-hybridized carbons (Fsp3) is 0.136. The second kappa shape index (κ2) is 9.41. The van der Waals surface area contributed by atoms with Gasteiger partial charge in [0.05, 0.1) is 6.26 Å². The van der Waals surface area contributed by atoms with Crippen molar-refractivity contribution < 1.29 is 22.3 Å². The Morgan fingerprint density at radius 3 is 2.10 bits per heavy atom. The van der Waals surface area contributed by atoms with Crippen molar-refractivity contribution in [3.8, 4) is 5.75 Å². The molecule has 3 aromatic carbocycles. The minimum atomic E-state index is -3.36. The Bertz CT molecular complexity index is 1100. The molecule has 30 heavy (non-hydrogen) atoms. The van der Waals surface area contributed by atoms with Gasteiger partial charge in [0.1, 0.15) is 18.2 Å². The Labute approximate surface area is 174 Å². The second-order valence-corrected chi connectivity index (χ2v) is 8.44. The highest BCUT2D eigenvalue weighted by Gasteiger charge is 2.07. The van der Waals surface area contributed by atoms with Crippen molar-refractivity contribution in [1.29, 1.82) is 0 Å². The van der Waals surface area contributed by atoms with E-state index in [-0.39, 0.29) is 11.7 Å². The number of rotatable bonds is 8. The summed E-state index contributed by atoms with van der Waals surface area (Å²) < 4.78 is 43.4. The zero-order valence-electron chi connectivity index (χ0n) is 16.3. The van der Waals surface area contributed by atoms with Crippen LogP contribution in [0.15, 0.2) is 72.8 Å². The van der Waals surface area contributed by atoms with Crippen molar-refractivity contribution in [1.82, 2.24) is 5.32 Å². The number of ether oxygens (including phenoxy) is 1. The number of amides is 1. The molecule has 3 rings (SSSR count). The van der Waals surface area contributed by atoms with Crippen LogP contribution in [-0.2, 0) is 23.2 Å². The van der Waals surface area contributed by atoms with Gasteiger partial charge in [-0.1, -0.05) is 24.3 Å². The molecule has 0 saturated carbocycles. The molecule has 156 valence electrons. The molecule has 8 heteroatoms. The third-order valence-corrected chi connectivity index (χ3v) is 4.75. The van der Waals surface area contributed by atoms with Crippen LogP contribution >= 0.6 is 0 Å². The first-order valence-electron chi connectivity index (χ1n) is 9.11. The molecule has 0 aliphatic rings. The molecule has 0 aliphatic carbocycles. The lowest BCUT2D eigenvalue weighted by atomic mass is 10.1. The monoisotopic (exact) mass is 428 g/mol. The molecular formula is C22H21FN2O4S. The maximum Gasteiger partial charge on any atom is 0.251 e. The SMILES string of the molecule is CS(=O)(=O)Nc1ccc(C(=O)NCc2ccc(OCc3ccc(F)cc3)cc2)cc1. The third kappa shape index (κ3) is 6.59. The molecule has 0 saturated heterocycles. The second-order valence-electron chi connectivity index (χ2n) is 6.69. The van der Waals surface area contributed by atoms with Gasteiger partial charge in [0.15, 0.2) is 0 Å². The minimum absolute atomic E-state index is 0.266. The number of sulfonamides is 1. The first kappa shape index (κ1) is 21.3. The summed E-state index contributed by atoms with van der Waals surface area (Å²) >= 11 is 0. The van der Waals surface area contributed by atoms with Gasteiger partial charge in [0.2, 0.25) is 10.0 Å². The molecule has 0 atom stereocenters. The molecule has 0 radical (unpaired) electrons. The van der Waals surface area contributed by atoms with Crippen LogP contribution in [0.4, 0.5) is 10.1 Å². The Morgan fingerprint density at radius 2 is 1.50 bits per heavy atom. The molecule has 0 bridgehead atoms. The van der Waals surface area contributed by atoms with Crippen LogP contribution in [0, 0.1) is 5.82 Å².